The maximum Gasteiger partial charge on any atom is 0.435 e. The van der Waals surface area contributed by atoms with Crippen molar-refractivity contribution >= 4 is 5.96 Å². The molecule has 1 heterocycles. The van der Waals surface area contributed by atoms with Crippen molar-refractivity contribution in [2.24, 2.45) is 12.0 Å². The number of aromatic nitrogens is 2. The van der Waals surface area contributed by atoms with E-state index in [2.05, 4.69) is 20.7 Å². The van der Waals surface area contributed by atoms with Crippen LogP contribution < -0.4 is 10.6 Å². The molecular formula is C15H26F3N5O2. The lowest BCUT2D eigenvalue weighted by atomic mass is 10.2. The van der Waals surface area contributed by atoms with Gasteiger partial charge in [0.05, 0.1) is 19.8 Å². The van der Waals surface area contributed by atoms with Crippen molar-refractivity contribution in [3.8, 4) is 0 Å². The molecule has 0 atom stereocenters. The summed E-state index contributed by atoms with van der Waals surface area (Å²) in [5.41, 5.74) is -0.865. The number of aryl methyl sites for hydroxylation is 1. The van der Waals surface area contributed by atoms with E-state index in [1.165, 1.54) is 13.2 Å². The molecule has 10 heteroatoms. The first kappa shape index (κ1) is 21.2. The molecule has 0 bridgehead atoms. The number of rotatable bonds is 10. The number of aliphatic imine (C=N–C) groups is 1. The third kappa shape index (κ3) is 8.21. The number of guanidine groups is 1. The van der Waals surface area contributed by atoms with Crippen LogP contribution in [0.5, 0.6) is 0 Å². The molecule has 0 unspecified atom stereocenters. The monoisotopic (exact) mass is 365 g/mol. The van der Waals surface area contributed by atoms with Gasteiger partial charge >= 0.3 is 6.18 Å². The first-order chi connectivity index (χ1) is 11.9. The minimum Gasteiger partial charge on any atom is -0.382 e. The summed E-state index contributed by atoms with van der Waals surface area (Å²) in [6.45, 7) is 4.62. The molecule has 0 saturated carbocycles. The molecule has 0 amide bonds. The average Bonchev–Trinajstić information content (AvgIpc) is 2.93. The van der Waals surface area contributed by atoms with Gasteiger partial charge in [0.1, 0.15) is 0 Å². The predicted octanol–water partition coefficient (Wildman–Crippen LogP) is 1.55. The van der Waals surface area contributed by atoms with Crippen molar-refractivity contribution < 1.29 is 22.6 Å². The number of alkyl halides is 3. The first-order valence-electron chi connectivity index (χ1n) is 8.07. The number of methoxy groups -OCH3 is 1. The molecular weight excluding hydrogens is 339 g/mol. The molecule has 0 aromatic carbocycles. The Balaban J connectivity index is 2.53. The van der Waals surface area contributed by atoms with Gasteiger partial charge < -0.3 is 20.1 Å². The fourth-order valence-corrected chi connectivity index (χ4v) is 2.02. The van der Waals surface area contributed by atoms with E-state index in [1.807, 2.05) is 6.92 Å². The summed E-state index contributed by atoms with van der Waals surface area (Å²) in [7, 11) is 3.06. The molecule has 1 aromatic rings. The predicted molar refractivity (Wildman–Crippen MR) is 88.3 cm³/mol. The standard InChI is InChI=1S/C15H26F3N5O2/c1-4-19-14(20-6-5-7-25-9-8-24-3)21-10-12-11-23(2)22-13(12)15(16,17)18/h11H,4-10H2,1-3H3,(H2,19,20,21). The second kappa shape index (κ2) is 10.9. The Bertz CT molecular complexity index is 532. The normalized spacial score (nSPS) is 12.5. The van der Waals surface area contributed by atoms with Crippen molar-refractivity contribution in [1.29, 1.82) is 0 Å². The molecule has 0 radical (unpaired) electrons. The lowest BCUT2D eigenvalue weighted by Gasteiger charge is -2.11. The molecule has 25 heavy (non-hydrogen) atoms. The van der Waals surface area contributed by atoms with Crippen LogP contribution in [-0.4, -0.2) is 55.8 Å². The van der Waals surface area contributed by atoms with Gasteiger partial charge in [0, 0.05) is 45.6 Å². The maximum atomic E-state index is 12.9. The Labute approximate surface area is 145 Å². The Hall–Kier alpha value is -1.81. The second-order valence-corrected chi connectivity index (χ2v) is 5.26. The minimum absolute atomic E-state index is 0.0371. The van der Waals surface area contributed by atoms with E-state index in [1.54, 1.807) is 7.11 Å². The fraction of sp³-hybridized carbons (Fsp3) is 0.733. The van der Waals surface area contributed by atoms with Gasteiger partial charge in [-0.3, -0.25) is 4.68 Å². The van der Waals surface area contributed by atoms with Gasteiger partial charge in [-0.2, -0.15) is 18.3 Å². The van der Waals surface area contributed by atoms with E-state index in [4.69, 9.17) is 9.47 Å². The van der Waals surface area contributed by atoms with Gasteiger partial charge in [-0.1, -0.05) is 0 Å². The molecule has 1 aromatic heterocycles. The number of ether oxygens (including phenoxy) is 2. The van der Waals surface area contributed by atoms with Crippen molar-refractivity contribution in [1.82, 2.24) is 20.4 Å². The Morgan fingerprint density at radius 2 is 2.04 bits per heavy atom. The quantitative estimate of drug-likeness (QED) is 0.374. The Morgan fingerprint density at radius 3 is 2.68 bits per heavy atom. The van der Waals surface area contributed by atoms with Gasteiger partial charge in [-0.15, -0.1) is 0 Å². The van der Waals surface area contributed by atoms with Gasteiger partial charge in [-0.05, 0) is 13.3 Å². The molecule has 2 N–H and O–H groups in total. The van der Waals surface area contributed by atoms with Crippen molar-refractivity contribution in [2.75, 3.05) is 40.0 Å². The summed E-state index contributed by atoms with van der Waals surface area (Å²) in [6, 6.07) is 0. The zero-order valence-corrected chi connectivity index (χ0v) is 14.8. The van der Waals surface area contributed by atoms with Crippen LogP contribution in [0.25, 0.3) is 0 Å². The number of hydrogen-bond acceptors (Lipinski definition) is 4. The zero-order valence-electron chi connectivity index (χ0n) is 14.8. The summed E-state index contributed by atoms with van der Waals surface area (Å²) in [5.74, 6) is 0.455. The van der Waals surface area contributed by atoms with Crippen LogP contribution in [0.1, 0.15) is 24.6 Å². The van der Waals surface area contributed by atoms with Crippen LogP contribution in [-0.2, 0) is 29.2 Å². The van der Waals surface area contributed by atoms with Crippen LogP contribution in [0.4, 0.5) is 13.2 Å². The van der Waals surface area contributed by atoms with Crippen LogP contribution >= 0.6 is 0 Å². The van der Waals surface area contributed by atoms with Crippen LogP contribution in [0.3, 0.4) is 0 Å². The summed E-state index contributed by atoms with van der Waals surface area (Å²) in [6.07, 6.45) is -2.41. The molecule has 144 valence electrons. The molecule has 0 aliphatic heterocycles. The molecule has 1 rings (SSSR count). The van der Waals surface area contributed by atoms with Crippen LogP contribution in [0, 0.1) is 0 Å². The first-order valence-corrected chi connectivity index (χ1v) is 8.07. The SMILES string of the molecule is CCNC(=NCc1cn(C)nc1C(F)(F)F)NCCCOCCOC. The number of nitrogens with one attached hydrogen (secondary N) is 2. The second-order valence-electron chi connectivity index (χ2n) is 5.26. The van der Waals surface area contributed by atoms with Crippen molar-refractivity contribution in [3.63, 3.8) is 0 Å². The Morgan fingerprint density at radius 1 is 1.28 bits per heavy atom. The highest BCUT2D eigenvalue weighted by molar-refractivity contribution is 5.79. The minimum atomic E-state index is -4.49. The maximum absolute atomic E-state index is 12.9. The van der Waals surface area contributed by atoms with Crippen LogP contribution in [0.15, 0.2) is 11.2 Å². The number of hydrogen-bond donors (Lipinski definition) is 2. The molecule has 0 fully saturated rings. The van der Waals surface area contributed by atoms with Crippen LogP contribution in [0.2, 0.25) is 0 Å². The molecule has 0 aliphatic carbocycles. The average molecular weight is 365 g/mol. The van der Waals surface area contributed by atoms with E-state index >= 15 is 0 Å². The highest BCUT2D eigenvalue weighted by atomic mass is 19.4. The summed E-state index contributed by atoms with van der Waals surface area (Å²) in [5, 5.41) is 9.54. The lowest BCUT2D eigenvalue weighted by molar-refractivity contribution is -0.142. The smallest absolute Gasteiger partial charge is 0.382 e. The van der Waals surface area contributed by atoms with Gasteiger partial charge in [0.2, 0.25) is 0 Å². The van der Waals surface area contributed by atoms with E-state index in [-0.39, 0.29) is 12.1 Å². The number of nitrogens with zero attached hydrogens (tertiary/aromatic N) is 3. The highest BCUT2D eigenvalue weighted by Crippen LogP contribution is 2.30. The highest BCUT2D eigenvalue weighted by Gasteiger charge is 2.36. The molecule has 7 nitrogen and oxygen atoms in total. The van der Waals surface area contributed by atoms with E-state index in [9.17, 15) is 13.2 Å². The van der Waals surface area contributed by atoms with Gasteiger partial charge in [0.15, 0.2) is 11.7 Å². The third-order valence-corrected chi connectivity index (χ3v) is 3.11. The molecule has 0 aliphatic rings. The van der Waals surface area contributed by atoms with Gasteiger partial charge in [0.25, 0.3) is 0 Å². The van der Waals surface area contributed by atoms with Crippen molar-refractivity contribution in [2.45, 2.75) is 26.1 Å². The molecule has 0 spiro atoms. The Kier molecular flexibility index (Phi) is 9.28. The molecule has 0 saturated heterocycles. The summed E-state index contributed by atoms with van der Waals surface area (Å²) < 4.78 is 50.2. The topological polar surface area (TPSA) is 72.7 Å². The van der Waals surface area contributed by atoms with Crippen molar-refractivity contribution in [3.05, 3.63) is 17.5 Å². The summed E-state index contributed by atoms with van der Waals surface area (Å²) in [4.78, 5) is 4.20. The fourth-order valence-electron chi connectivity index (χ4n) is 2.02. The van der Waals surface area contributed by atoms with E-state index in [0.29, 0.717) is 38.9 Å². The third-order valence-electron chi connectivity index (χ3n) is 3.11. The number of halogens is 3. The largest absolute Gasteiger partial charge is 0.435 e. The van der Waals surface area contributed by atoms with E-state index in [0.717, 1.165) is 11.1 Å². The summed E-state index contributed by atoms with van der Waals surface area (Å²) >= 11 is 0. The zero-order chi connectivity index (χ0) is 18.7. The lowest BCUT2D eigenvalue weighted by Crippen LogP contribution is -2.38. The van der Waals surface area contributed by atoms with Gasteiger partial charge in [-0.25, -0.2) is 4.99 Å². The van der Waals surface area contributed by atoms with E-state index < -0.39 is 11.9 Å².